The van der Waals surface area contributed by atoms with Crippen LogP contribution in [0, 0.1) is 11.8 Å². The van der Waals surface area contributed by atoms with Crippen molar-refractivity contribution in [1.29, 1.82) is 0 Å². The van der Waals surface area contributed by atoms with E-state index in [0.29, 0.717) is 12.8 Å². The van der Waals surface area contributed by atoms with Crippen LogP contribution in [0.4, 0.5) is 0 Å². The van der Waals surface area contributed by atoms with E-state index < -0.39 is 32.2 Å². The van der Waals surface area contributed by atoms with Crippen molar-refractivity contribution in [2.75, 3.05) is 0 Å². The normalized spacial score (nSPS) is 28.0. The Hall–Kier alpha value is -1.94. The molecule has 10 heteroatoms. The van der Waals surface area contributed by atoms with Crippen LogP contribution < -0.4 is 16.6 Å². The molecule has 1 aromatic rings. The van der Waals surface area contributed by atoms with E-state index in [4.69, 9.17) is 0 Å². The van der Waals surface area contributed by atoms with Gasteiger partial charge in [-0.2, -0.15) is 4.31 Å². The van der Waals surface area contributed by atoms with Gasteiger partial charge in [-0.25, -0.2) is 13.2 Å². The first-order chi connectivity index (χ1) is 14.5. The van der Waals surface area contributed by atoms with Gasteiger partial charge < -0.3 is 9.88 Å². The number of carbonyl (C=O) groups is 1. The lowest BCUT2D eigenvalue weighted by atomic mass is 9.70. The molecule has 31 heavy (non-hydrogen) atoms. The van der Waals surface area contributed by atoms with Crippen molar-refractivity contribution in [3.05, 3.63) is 27.0 Å². The van der Waals surface area contributed by atoms with Gasteiger partial charge in [0.2, 0.25) is 5.91 Å². The average molecular weight is 455 g/mol. The zero-order valence-corrected chi connectivity index (χ0v) is 19.8. The number of piperidine rings is 1. The molecule has 1 saturated carbocycles. The molecular weight excluding hydrogens is 420 g/mol. The second kappa shape index (κ2) is 8.90. The Morgan fingerprint density at radius 1 is 1.23 bits per heavy atom. The summed E-state index contributed by atoms with van der Waals surface area (Å²) >= 11 is 0. The second-order valence-electron chi connectivity index (χ2n) is 9.11. The number of hydrogen-bond donors (Lipinski definition) is 1. The summed E-state index contributed by atoms with van der Waals surface area (Å²) in [5.74, 6) is -0.336. The van der Waals surface area contributed by atoms with Crippen LogP contribution in [0.2, 0.25) is 0 Å². The first-order valence-corrected chi connectivity index (χ1v) is 12.5. The van der Waals surface area contributed by atoms with E-state index in [1.807, 2.05) is 13.8 Å². The van der Waals surface area contributed by atoms with E-state index in [1.54, 1.807) is 6.92 Å². The highest BCUT2D eigenvalue weighted by atomic mass is 32.2. The molecule has 1 aliphatic heterocycles. The van der Waals surface area contributed by atoms with Crippen molar-refractivity contribution in [3.8, 4) is 0 Å². The van der Waals surface area contributed by atoms with Crippen molar-refractivity contribution in [1.82, 2.24) is 18.8 Å². The minimum Gasteiger partial charge on any atom is -0.353 e. The van der Waals surface area contributed by atoms with Crippen LogP contribution in [0.5, 0.6) is 0 Å². The number of rotatable bonds is 5. The maximum absolute atomic E-state index is 13.7. The van der Waals surface area contributed by atoms with E-state index in [2.05, 4.69) is 5.32 Å². The average Bonchev–Trinajstić information content (AvgIpc) is 2.73. The van der Waals surface area contributed by atoms with E-state index in [9.17, 15) is 22.8 Å². The monoisotopic (exact) mass is 454 g/mol. The second-order valence-corrected chi connectivity index (χ2v) is 10.9. The zero-order chi connectivity index (χ0) is 23.1. The van der Waals surface area contributed by atoms with Crippen molar-refractivity contribution in [2.45, 2.75) is 82.3 Å². The Morgan fingerprint density at radius 2 is 1.87 bits per heavy atom. The topological polar surface area (TPSA) is 110 Å². The van der Waals surface area contributed by atoms with Crippen LogP contribution in [0.3, 0.4) is 0 Å². The van der Waals surface area contributed by atoms with Gasteiger partial charge in [0.05, 0.1) is 0 Å². The fraction of sp³-hybridized carbons (Fsp3) is 0.762. The number of fused-ring (bicyclic) bond motifs is 1. The number of carbonyl (C=O) groups excluding carboxylic acids is 1. The van der Waals surface area contributed by atoms with Gasteiger partial charge in [0.1, 0.15) is 0 Å². The van der Waals surface area contributed by atoms with Crippen LogP contribution in [0.1, 0.15) is 59.3 Å². The van der Waals surface area contributed by atoms with Gasteiger partial charge in [-0.15, -0.1) is 0 Å². The largest absolute Gasteiger partial charge is 0.353 e. The minimum absolute atomic E-state index is 0.00632. The summed E-state index contributed by atoms with van der Waals surface area (Å²) in [5.41, 5.74) is -1.40. The summed E-state index contributed by atoms with van der Waals surface area (Å²) in [5, 5.41) is 3.07. The molecule has 9 nitrogen and oxygen atoms in total. The minimum atomic E-state index is -4.14. The van der Waals surface area contributed by atoms with E-state index in [-0.39, 0.29) is 29.8 Å². The molecule has 1 aliphatic carbocycles. The molecule has 5 atom stereocenters. The maximum atomic E-state index is 13.7. The lowest BCUT2D eigenvalue weighted by Gasteiger charge is -2.49. The lowest BCUT2D eigenvalue weighted by molar-refractivity contribution is -0.131. The van der Waals surface area contributed by atoms with Crippen LogP contribution in [-0.2, 0) is 28.9 Å². The molecule has 5 unspecified atom stereocenters. The highest BCUT2D eigenvalue weighted by molar-refractivity contribution is 7.89. The Bertz CT molecular complexity index is 1060. The molecule has 0 radical (unpaired) electrons. The van der Waals surface area contributed by atoms with Crippen LogP contribution in [0.15, 0.2) is 20.7 Å². The molecule has 2 fully saturated rings. The van der Waals surface area contributed by atoms with Crippen LogP contribution >= 0.6 is 0 Å². The Morgan fingerprint density at radius 3 is 2.52 bits per heavy atom. The van der Waals surface area contributed by atoms with Crippen molar-refractivity contribution >= 4 is 15.9 Å². The number of nitrogens with zero attached hydrogens (tertiary/aromatic N) is 3. The third kappa shape index (κ3) is 4.24. The molecule has 0 bridgehead atoms. The lowest BCUT2D eigenvalue weighted by Crippen LogP contribution is -2.60. The van der Waals surface area contributed by atoms with Gasteiger partial charge in [0.25, 0.3) is 15.6 Å². The Balaban J connectivity index is 2.02. The van der Waals surface area contributed by atoms with Crippen LogP contribution in [-0.4, -0.2) is 45.9 Å². The summed E-state index contributed by atoms with van der Waals surface area (Å²) in [6.45, 7) is 5.78. The number of aromatic nitrogens is 2. The summed E-state index contributed by atoms with van der Waals surface area (Å²) in [4.78, 5) is 37.4. The molecule has 174 valence electrons. The summed E-state index contributed by atoms with van der Waals surface area (Å²) < 4.78 is 30.8. The number of sulfonamides is 1. The van der Waals surface area contributed by atoms with Gasteiger partial charge in [0.15, 0.2) is 4.90 Å². The third-order valence-electron chi connectivity index (χ3n) is 6.96. The molecule has 0 spiro atoms. The van der Waals surface area contributed by atoms with Gasteiger partial charge >= 0.3 is 5.69 Å². The predicted octanol–water partition coefficient (Wildman–Crippen LogP) is 0.957. The number of hydrogen-bond acceptors (Lipinski definition) is 5. The zero-order valence-electron chi connectivity index (χ0n) is 19.0. The highest BCUT2D eigenvalue weighted by Crippen LogP contribution is 2.43. The Kier molecular flexibility index (Phi) is 6.81. The molecule has 3 rings (SSSR count). The van der Waals surface area contributed by atoms with Gasteiger partial charge in [-0.3, -0.25) is 14.2 Å². The molecule has 2 heterocycles. The molecule has 0 aromatic carbocycles. The maximum Gasteiger partial charge on any atom is 0.330 e. The fourth-order valence-corrected chi connectivity index (χ4v) is 7.19. The smallest absolute Gasteiger partial charge is 0.330 e. The van der Waals surface area contributed by atoms with Gasteiger partial charge in [-0.1, -0.05) is 19.8 Å². The van der Waals surface area contributed by atoms with Crippen molar-refractivity contribution in [2.24, 2.45) is 25.9 Å². The summed E-state index contributed by atoms with van der Waals surface area (Å²) in [6, 6.07) is -0.698. The molecule has 1 aromatic heterocycles. The van der Waals surface area contributed by atoms with Gasteiger partial charge in [0, 0.05) is 44.3 Å². The van der Waals surface area contributed by atoms with E-state index in [0.717, 1.165) is 41.0 Å². The van der Waals surface area contributed by atoms with Crippen molar-refractivity contribution in [3.63, 3.8) is 0 Å². The predicted molar refractivity (Wildman–Crippen MR) is 117 cm³/mol. The number of nitrogens with one attached hydrogen (secondary N) is 1. The van der Waals surface area contributed by atoms with Crippen LogP contribution in [0.25, 0.3) is 0 Å². The molecule has 1 saturated heterocycles. The highest BCUT2D eigenvalue weighted by Gasteiger charge is 2.50. The molecule has 2 aliphatic rings. The van der Waals surface area contributed by atoms with E-state index >= 15 is 0 Å². The van der Waals surface area contributed by atoms with Gasteiger partial charge in [-0.05, 0) is 45.4 Å². The fourth-order valence-electron chi connectivity index (χ4n) is 5.13. The SMILES string of the molecule is CCC(C)NC(=O)C1CC(C)N(S(=O)(=O)c2cn(C)c(=O)n(C)c2=O)C2CCCCC12. The standard InChI is InChI=1S/C21H34N4O5S/c1-6-13(2)22-19(26)16-11-14(3)25(17-10-8-7-9-15(16)17)31(29,30)18-12-23(4)21(28)24(5)20(18)27/h12-17H,6-11H2,1-5H3,(H,22,26). The third-order valence-corrected chi connectivity index (χ3v) is 8.98. The molecule has 1 amide bonds. The molecule has 1 N–H and O–H groups in total. The first-order valence-electron chi connectivity index (χ1n) is 11.1. The Labute approximate surface area is 183 Å². The summed E-state index contributed by atoms with van der Waals surface area (Å²) in [7, 11) is -1.43. The quantitative estimate of drug-likeness (QED) is 0.712. The number of amides is 1. The number of aryl methyl sites for hydroxylation is 1. The summed E-state index contributed by atoms with van der Waals surface area (Å²) in [6.07, 6.45) is 5.64. The van der Waals surface area contributed by atoms with Crippen molar-refractivity contribution < 1.29 is 13.2 Å². The molecular formula is C21H34N4O5S. The van der Waals surface area contributed by atoms with E-state index in [1.165, 1.54) is 18.4 Å². The first kappa shape index (κ1) is 23.7.